The fourth-order valence-electron chi connectivity index (χ4n) is 3.69. The van der Waals surface area contributed by atoms with Gasteiger partial charge in [0.1, 0.15) is 12.3 Å². The number of nitro benzene ring substituents is 1. The lowest BCUT2D eigenvalue weighted by Gasteiger charge is -2.44. The Morgan fingerprint density at radius 3 is 2.55 bits per heavy atom. The number of likely N-dealkylation sites (N-methyl/N-ethyl adjacent to an activating group) is 1. The number of non-ortho nitro benzene ring substituents is 1. The Bertz CT molecular complexity index is 979. The number of ether oxygens (including phenoxy) is 1. The number of nitro groups is 1. The summed E-state index contributed by atoms with van der Waals surface area (Å²) in [5.74, 6) is -2.01. The Morgan fingerprint density at radius 1 is 1.35 bits per heavy atom. The zero-order chi connectivity index (χ0) is 22.9. The summed E-state index contributed by atoms with van der Waals surface area (Å²) < 4.78 is 5.34. The molecule has 164 valence electrons. The van der Waals surface area contributed by atoms with Gasteiger partial charge in [0.2, 0.25) is 11.8 Å². The zero-order valence-corrected chi connectivity index (χ0v) is 17.3. The Labute approximate surface area is 178 Å². The number of carbonyl (C=O) groups is 3. The quantitative estimate of drug-likeness (QED) is 0.226. The number of carbonyl (C=O) groups excluding carboxylic acids is 3. The summed E-state index contributed by atoms with van der Waals surface area (Å²) in [6.45, 7) is 1.39. The van der Waals surface area contributed by atoms with Crippen molar-refractivity contribution in [3.05, 3.63) is 63.4 Å². The second kappa shape index (κ2) is 8.68. The number of aliphatic hydroxyl groups is 1. The van der Waals surface area contributed by atoms with E-state index in [-0.39, 0.29) is 35.8 Å². The van der Waals surface area contributed by atoms with E-state index in [0.717, 1.165) is 0 Å². The number of hydrogen-bond donors (Lipinski definition) is 1. The van der Waals surface area contributed by atoms with E-state index in [1.807, 2.05) is 0 Å². The number of fused-ring (bicyclic) bond motifs is 1. The van der Waals surface area contributed by atoms with Crippen LogP contribution in [-0.2, 0) is 25.7 Å². The lowest BCUT2D eigenvalue weighted by molar-refractivity contribution is -0.384. The van der Waals surface area contributed by atoms with Gasteiger partial charge in [-0.25, -0.2) is 4.79 Å². The predicted molar refractivity (Wildman–Crippen MR) is 108 cm³/mol. The maximum Gasteiger partial charge on any atom is 0.355 e. The third kappa shape index (κ3) is 4.33. The number of hydrogen-bond acceptors (Lipinski definition) is 7. The number of benzene rings is 1. The van der Waals surface area contributed by atoms with Crippen molar-refractivity contribution in [1.29, 1.82) is 0 Å². The van der Waals surface area contributed by atoms with Gasteiger partial charge in [0.15, 0.2) is 0 Å². The lowest BCUT2D eigenvalue weighted by Crippen LogP contribution is -2.61. The standard InChI is InChI=1S/C21H23N3O7/c1-12(25)18-16-10-14(6-9-17(26)22(2)3)19(23(16)20(18)27)21(28)31-11-13-4-7-15(8-5-13)24(29)30/h4-9,12,16,18,25H,10-11H2,1-3H3/t12-,16-,18-/m1/s1. The molecule has 2 aliphatic heterocycles. The normalized spacial score (nSPS) is 21.0. The van der Waals surface area contributed by atoms with Crippen LogP contribution >= 0.6 is 0 Å². The van der Waals surface area contributed by atoms with Crippen molar-refractivity contribution in [1.82, 2.24) is 9.80 Å². The first-order valence-electron chi connectivity index (χ1n) is 9.66. The Balaban J connectivity index is 1.80. The summed E-state index contributed by atoms with van der Waals surface area (Å²) in [5.41, 5.74) is 0.998. The summed E-state index contributed by atoms with van der Waals surface area (Å²) in [6, 6.07) is 5.20. The van der Waals surface area contributed by atoms with E-state index in [1.54, 1.807) is 14.1 Å². The van der Waals surface area contributed by atoms with Crippen LogP contribution < -0.4 is 0 Å². The van der Waals surface area contributed by atoms with Crippen molar-refractivity contribution >= 4 is 23.5 Å². The molecule has 10 nitrogen and oxygen atoms in total. The average Bonchev–Trinajstić information content (AvgIpc) is 3.04. The Morgan fingerprint density at radius 2 is 2.00 bits per heavy atom. The van der Waals surface area contributed by atoms with Crippen LogP contribution in [0, 0.1) is 16.0 Å². The van der Waals surface area contributed by atoms with Gasteiger partial charge in [0, 0.05) is 32.3 Å². The van der Waals surface area contributed by atoms with Gasteiger partial charge in [-0.05, 0) is 36.6 Å². The van der Waals surface area contributed by atoms with Gasteiger partial charge < -0.3 is 19.6 Å². The second-order valence-corrected chi connectivity index (χ2v) is 7.69. The largest absolute Gasteiger partial charge is 0.456 e. The minimum atomic E-state index is -0.863. The number of amides is 2. The number of β-lactam (4-membered cyclic amide) rings is 1. The van der Waals surface area contributed by atoms with Gasteiger partial charge in [-0.1, -0.05) is 6.08 Å². The number of esters is 1. The molecule has 0 aliphatic carbocycles. The number of aliphatic hydroxyl groups excluding tert-OH is 1. The first-order chi connectivity index (χ1) is 14.6. The first kappa shape index (κ1) is 22.2. The maximum atomic E-state index is 12.8. The second-order valence-electron chi connectivity index (χ2n) is 7.69. The highest BCUT2D eigenvalue weighted by Crippen LogP contribution is 2.44. The molecule has 1 aromatic rings. The van der Waals surface area contributed by atoms with Gasteiger partial charge >= 0.3 is 5.97 Å². The zero-order valence-electron chi connectivity index (χ0n) is 17.3. The van der Waals surface area contributed by atoms with Crippen LogP contribution in [0.25, 0.3) is 0 Å². The molecule has 1 fully saturated rings. The van der Waals surface area contributed by atoms with Gasteiger partial charge in [-0.3, -0.25) is 19.7 Å². The smallest absolute Gasteiger partial charge is 0.355 e. The molecule has 2 aliphatic rings. The molecule has 0 radical (unpaired) electrons. The number of allylic oxidation sites excluding steroid dienone is 1. The van der Waals surface area contributed by atoms with Crippen molar-refractivity contribution < 1.29 is 29.2 Å². The van der Waals surface area contributed by atoms with Gasteiger partial charge in [-0.15, -0.1) is 0 Å². The molecule has 2 heterocycles. The van der Waals surface area contributed by atoms with Crippen LogP contribution in [0.3, 0.4) is 0 Å². The van der Waals surface area contributed by atoms with Crippen LogP contribution in [0.1, 0.15) is 18.9 Å². The molecule has 10 heteroatoms. The molecular weight excluding hydrogens is 406 g/mol. The van der Waals surface area contributed by atoms with Crippen LogP contribution in [0.15, 0.2) is 47.7 Å². The van der Waals surface area contributed by atoms with Crippen molar-refractivity contribution in [2.24, 2.45) is 5.92 Å². The van der Waals surface area contributed by atoms with Crippen molar-refractivity contribution in [3.63, 3.8) is 0 Å². The topological polar surface area (TPSA) is 130 Å². The van der Waals surface area contributed by atoms with Crippen LogP contribution in [-0.4, -0.2) is 63.9 Å². The van der Waals surface area contributed by atoms with E-state index in [4.69, 9.17) is 4.74 Å². The van der Waals surface area contributed by atoms with Gasteiger partial charge in [0.05, 0.1) is 23.0 Å². The van der Waals surface area contributed by atoms with Gasteiger partial charge in [0.25, 0.3) is 5.69 Å². The summed E-state index contributed by atoms with van der Waals surface area (Å²) in [6.07, 6.45) is 2.26. The van der Waals surface area contributed by atoms with E-state index >= 15 is 0 Å². The summed E-state index contributed by atoms with van der Waals surface area (Å²) in [4.78, 5) is 50.2. The maximum absolute atomic E-state index is 12.8. The minimum absolute atomic E-state index is 0.0524. The van der Waals surface area contributed by atoms with E-state index in [0.29, 0.717) is 17.6 Å². The molecule has 0 bridgehead atoms. The van der Waals surface area contributed by atoms with Gasteiger partial charge in [-0.2, -0.15) is 0 Å². The molecule has 0 unspecified atom stereocenters. The molecule has 3 rings (SSSR count). The monoisotopic (exact) mass is 429 g/mol. The lowest BCUT2D eigenvalue weighted by atomic mass is 9.83. The highest BCUT2D eigenvalue weighted by atomic mass is 16.6. The fraction of sp³-hybridized carbons (Fsp3) is 0.381. The molecule has 2 amide bonds. The van der Waals surface area contributed by atoms with E-state index in [1.165, 1.54) is 53.1 Å². The molecule has 31 heavy (non-hydrogen) atoms. The predicted octanol–water partition coefficient (Wildman–Crippen LogP) is 1.15. The molecular formula is C21H23N3O7. The Hall–Kier alpha value is -3.53. The average molecular weight is 429 g/mol. The van der Waals surface area contributed by atoms with Crippen LogP contribution in [0.4, 0.5) is 5.69 Å². The van der Waals surface area contributed by atoms with Crippen molar-refractivity contribution in [2.75, 3.05) is 14.1 Å². The summed E-state index contributed by atoms with van der Waals surface area (Å²) >= 11 is 0. The fourth-order valence-corrected chi connectivity index (χ4v) is 3.69. The molecule has 0 saturated carbocycles. The van der Waals surface area contributed by atoms with E-state index in [2.05, 4.69) is 0 Å². The van der Waals surface area contributed by atoms with E-state index in [9.17, 15) is 29.6 Å². The van der Waals surface area contributed by atoms with E-state index < -0.39 is 22.9 Å². The molecule has 1 aromatic carbocycles. The molecule has 1 saturated heterocycles. The van der Waals surface area contributed by atoms with Crippen molar-refractivity contribution in [3.8, 4) is 0 Å². The summed E-state index contributed by atoms with van der Waals surface area (Å²) in [7, 11) is 3.19. The highest BCUT2D eigenvalue weighted by molar-refractivity contribution is 6.01. The first-order valence-corrected chi connectivity index (χ1v) is 9.66. The third-order valence-corrected chi connectivity index (χ3v) is 5.34. The SMILES string of the molecule is C[C@@H](O)[C@H]1C(=O)N2C(C(=O)OCc3ccc([N+](=O)[O-])cc3)=C(C=CC(=O)N(C)C)C[C@H]12. The number of nitrogens with zero attached hydrogens (tertiary/aromatic N) is 3. The molecule has 1 N–H and O–H groups in total. The molecule has 3 atom stereocenters. The molecule has 0 aromatic heterocycles. The van der Waals surface area contributed by atoms with Crippen molar-refractivity contribution in [2.45, 2.75) is 32.1 Å². The highest BCUT2D eigenvalue weighted by Gasteiger charge is 2.56. The minimum Gasteiger partial charge on any atom is -0.456 e. The van der Waals surface area contributed by atoms with Crippen LogP contribution in [0.5, 0.6) is 0 Å². The van der Waals surface area contributed by atoms with Crippen LogP contribution in [0.2, 0.25) is 0 Å². The number of rotatable bonds is 7. The molecule has 0 spiro atoms. The Kier molecular flexibility index (Phi) is 6.21. The third-order valence-electron chi connectivity index (χ3n) is 5.34. The summed E-state index contributed by atoms with van der Waals surface area (Å²) in [5, 5.41) is 20.6.